The van der Waals surface area contributed by atoms with E-state index in [4.69, 9.17) is 9.47 Å². The van der Waals surface area contributed by atoms with Crippen LogP contribution in [0, 0.1) is 0 Å². The van der Waals surface area contributed by atoms with E-state index < -0.39 is 0 Å². The zero-order valence-electron chi connectivity index (χ0n) is 15.8. The summed E-state index contributed by atoms with van der Waals surface area (Å²) in [4.78, 5) is 14.0. The highest BCUT2D eigenvalue weighted by Gasteiger charge is 2.31. The highest BCUT2D eigenvalue weighted by Crippen LogP contribution is 2.40. The quantitative estimate of drug-likeness (QED) is 0.571. The third-order valence-electron chi connectivity index (χ3n) is 4.85. The number of hydrogen-bond acceptors (Lipinski definition) is 7. The fraction of sp³-hybridized carbons (Fsp3) is 0.350. The molecule has 1 fully saturated rings. The van der Waals surface area contributed by atoms with E-state index in [0.717, 1.165) is 30.2 Å². The third kappa shape index (κ3) is 3.97. The van der Waals surface area contributed by atoms with Crippen LogP contribution in [0.5, 0.6) is 11.5 Å². The highest BCUT2D eigenvalue weighted by atomic mass is 32.2. The number of hydrogen-bond donors (Lipinski definition) is 1. The molecule has 0 radical (unpaired) electrons. The second kappa shape index (κ2) is 7.72. The van der Waals surface area contributed by atoms with Gasteiger partial charge < -0.3 is 19.4 Å². The Bertz CT molecular complexity index is 1030. The van der Waals surface area contributed by atoms with Crippen LogP contribution in [0.3, 0.4) is 0 Å². The van der Waals surface area contributed by atoms with Crippen LogP contribution in [-0.4, -0.2) is 32.7 Å². The van der Waals surface area contributed by atoms with Crippen LogP contribution in [0.2, 0.25) is 0 Å². The normalized spacial score (nSPS) is 16.0. The Morgan fingerprint density at radius 3 is 2.97 bits per heavy atom. The number of amides is 1. The molecule has 3 heterocycles. The zero-order valence-corrected chi connectivity index (χ0v) is 17.5. The summed E-state index contributed by atoms with van der Waals surface area (Å²) in [5, 5.41) is 14.3. The molecule has 0 bridgehead atoms. The average molecular weight is 429 g/mol. The van der Waals surface area contributed by atoms with Gasteiger partial charge in [-0.15, -0.1) is 21.5 Å². The van der Waals surface area contributed by atoms with Crippen molar-refractivity contribution in [3.8, 4) is 11.5 Å². The predicted octanol–water partition coefficient (Wildman–Crippen LogP) is 4.11. The molecule has 1 aromatic carbocycles. The first-order valence-electron chi connectivity index (χ1n) is 9.51. The summed E-state index contributed by atoms with van der Waals surface area (Å²) in [6, 6.07) is 10.0. The molecule has 29 heavy (non-hydrogen) atoms. The van der Waals surface area contributed by atoms with E-state index in [0.29, 0.717) is 23.2 Å². The van der Waals surface area contributed by atoms with Crippen LogP contribution in [0.15, 0.2) is 40.9 Å². The Labute approximate surface area is 176 Å². The van der Waals surface area contributed by atoms with Crippen molar-refractivity contribution in [3.05, 3.63) is 46.4 Å². The average Bonchev–Trinajstić information content (AvgIpc) is 3.10. The van der Waals surface area contributed by atoms with Crippen molar-refractivity contribution < 1.29 is 14.3 Å². The largest absolute Gasteiger partial charge is 0.454 e. The van der Waals surface area contributed by atoms with Gasteiger partial charge in [-0.2, -0.15) is 0 Å². The highest BCUT2D eigenvalue weighted by molar-refractivity contribution is 8.00. The van der Waals surface area contributed by atoms with Crippen molar-refractivity contribution in [1.82, 2.24) is 14.8 Å². The molecule has 1 N–H and O–H groups in total. The lowest BCUT2D eigenvalue weighted by atomic mass is 10.2. The summed E-state index contributed by atoms with van der Waals surface area (Å²) < 4.78 is 12.9. The van der Waals surface area contributed by atoms with Crippen molar-refractivity contribution in [2.24, 2.45) is 0 Å². The van der Waals surface area contributed by atoms with Gasteiger partial charge in [-0.1, -0.05) is 17.8 Å². The molecule has 1 unspecified atom stereocenters. The summed E-state index contributed by atoms with van der Waals surface area (Å²) >= 11 is 3.17. The number of nitrogens with one attached hydrogen (secondary N) is 1. The Morgan fingerprint density at radius 2 is 2.17 bits per heavy atom. The van der Waals surface area contributed by atoms with Gasteiger partial charge in [0, 0.05) is 29.1 Å². The van der Waals surface area contributed by atoms with Crippen LogP contribution in [0.25, 0.3) is 0 Å². The SMILES string of the molecule is CC(Sc1nnc(Cc2cccs2)n1C1CC1)C(=O)Nc1ccc2c(c1)OCO2. The van der Waals surface area contributed by atoms with Gasteiger partial charge in [0.2, 0.25) is 12.7 Å². The molecule has 3 aromatic rings. The van der Waals surface area contributed by atoms with E-state index in [1.165, 1.54) is 16.6 Å². The molecule has 1 amide bonds. The summed E-state index contributed by atoms with van der Waals surface area (Å²) in [5.74, 6) is 2.23. The molecule has 1 saturated carbocycles. The lowest BCUT2D eigenvalue weighted by molar-refractivity contribution is -0.115. The van der Waals surface area contributed by atoms with Crippen molar-refractivity contribution in [2.45, 2.75) is 42.6 Å². The fourth-order valence-electron chi connectivity index (χ4n) is 3.21. The number of ether oxygens (including phenoxy) is 2. The second-order valence-electron chi connectivity index (χ2n) is 7.07. The van der Waals surface area contributed by atoms with Gasteiger partial charge in [0.15, 0.2) is 16.7 Å². The third-order valence-corrected chi connectivity index (χ3v) is 6.78. The van der Waals surface area contributed by atoms with Gasteiger partial charge in [0.1, 0.15) is 5.82 Å². The molecular formula is C20H20N4O3S2. The molecule has 1 aliphatic carbocycles. The van der Waals surface area contributed by atoms with Crippen LogP contribution >= 0.6 is 23.1 Å². The Morgan fingerprint density at radius 1 is 1.31 bits per heavy atom. The summed E-state index contributed by atoms with van der Waals surface area (Å²) in [7, 11) is 0. The number of nitrogens with zero attached hydrogens (tertiary/aromatic N) is 3. The minimum absolute atomic E-state index is 0.0842. The number of fused-ring (bicyclic) bond motifs is 1. The number of anilines is 1. The fourth-order valence-corrected chi connectivity index (χ4v) is 4.85. The van der Waals surface area contributed by atoms with Crippen LogP contribution in [0.4, 0.5) is 5.69 Å². The molecule has 5 rings (SSSR count). The lowest BCUT2D eigenvalue weighted by Crippen LogP contribution is -2.23. The first kappa shape index (κ1) is 18.5. The molecule has 1 aliphatic heterocycles. The van der Waals surface area contributed by atoms with Crippen LogP contribution in [-0.2, 0) is 11.2 Å². The number of rotatable bonds is 7. The van der Waals surface area contributed by atoms with Crippen molar-refractivity contribution >= 4 is 34.7 Å². The Balaban J connectivity index is 1.28. The van der Waals surface area contributed by atoms with Crippen molar-refractivity contribution in [1.29, 1.82) is 0 Å². The van der Waals surface area contributed by atoms with Crippen molar-refractivity contribution in [2.75, 3.05) is 12.1 Å². The zero-order chi connectivity index (χ0) is 19.8. The number of carbonyl (C=O) groups excluding carboxylic acids is 1. The number of thioether (sulfide) groups is 1. The molecule has 1 atom stereocenters. The van der Waals surface area contributed by atoms with E-state index >= 15 is 0 Å². The predicted molar refractivity (Wildman–Crippen MR) is 112 cm³/mol. The number of thiophene rings is 1. The number of carbonyl (C=O) groups is 1. The van der Waals surface area contributed by atoms with Gasteiger partial charge in [0.25, 0.3) is 0 Å². The summed E-state index contributed by atoms with van der Waals surface area (Å²) in [5.41, 5.74) is 0.689. The summed E-state index contributed by atoms with van der Waals surface area (Å²) in [6.07, 6.45) is 3.06. The maximum absolute atomic E-state index is 12.7. The number of aromatic nitrogens is 3. The lowest BCUT2D eigenvalue weighted by Gasteiger charge is -2.13. The smallest absolute Gasteiger partial charge is 0.237 e. The monoisotopic (exact) mass is 428 g/mol. The molecule has 9 heteroatoms. The minimum atomic E-state index is -0.309. The first-order chi connectivity index (χ1) is 14.2. The molecule has 0 spiro atoms. The van der Waals surface area contributed by atoms with E-state index in [2.05, 4.69) is 37.6 Å². The standard InChI is InChI=1S/C20H20N4O3S2/c1-12(19(25)21-13-4-7-16-17(9-13)27-11-26-16)29-20-23-22-18(24(20)14-5-6-14)10-15-3-2-8-28-15/h2-4,7-9,12,14H,5-6,10-11H2,1H3,(H,21,25). The van der Waals surface area contributed by atoms with E-state index in [-0.39, 0.29) is 18.0 Å². The van der Waals surface area contributed by atoms with Gasteiger partial charge in [-0.05, 0) is 43.3 Å². The maximum Gasteiger partial charge on any atom is 0.237 e. The molecular weight excluding hydrogens is 408 g/mol. The van der Waals surface area contributed by atoms with E-state index in [1.807, 2.05) is 13.0 Å². The molecule has 2 aromatic heterocycles. The topological polar surface area (TPSA) is 78.3 Å². The van der Waals surface area contributed by atoms with Gasteiger partial charge in [0.05, 0.1) is 5.25 Å². The summed E-state index contributed by atoms with van der Waals surface area (Å²) in [6.45, 7) is 2.10. The van der Waals surface area contributed by atoms with Crippen LogP contribution < -0.4 is 14.8 Å². The Hall–Kier alpha value is -2.52. The van der Waals surface area contributed by atoms with Crippen molar-refractivity contribution in [3.63, 3.8) is 0 Å². The number of benzene rings is 1. The van der Waals surface area contributed by atoms with E-state index in [1.54, 1.807) is 23.5 Å². The van der Waals surface area contributed by atoms with Gasteiger partial charge >= 0.3 is 0 Å². The first-order valence-corrected chi connectivity index (χ1v) is 11.3. The Kier molecular flexibility index (Phi) is 4.92. The van der Waals surface area contributed by atoms with Gasteiger partial charge in [-0.3, -0.25) is 4.79 Å². The molecule has 7 nitrogen and oxygen atoms in total. The molecule has 2 aliphatic rings. The molecule has 0 saturated heterocycles. The van der Waals surface area contributed by atoms with Gasteiger partial charge in [-0.25, -0.2) is 0 Å². The van der Waals surface area contributed by atoms with E-state index in [9.17, 15) is 4.79 Å². The molecule has 150 valence electrons. The maximum atomic E-state index is 12.7. The minimum Gasteiger partial charge on any atom is -0.454 e. The van der Waals surface area contributed by atoms with Crippen LogP contribution in [0.1, 0.15) is 36.5 Å². The second-order valence-corrected chi connectivity index (χ2v) is 9.41.